The molecule has 116 valence electrons. The van der Waals surface area contributed by atoms with Crippen LogP contribution in [0.1, 0.15) is 40.4 Å². The highest BCUT2D eigenvalue weighted by Crippen LogP contribution is 2.40. The van der Waals surface area contributed by atoms with Crippen LogP contribution in [0.25, 0.3) is 11.1 Å². The summed E-state index contributed by atoms with van der Waals surface area (Å²) in [7, 11) is 0. The SMILES string of the molecule is CCC.Cc1sc(C(=O)O)c(-c2ccc(Cl)cc2Cl)c1C#N. The lowest BCUT2D eigenvalue weighted by Gasteiger charge is -2.05. The number of hydrogen-bond acceptors (Lipinski definition) is 3. The number of carboxylic acids is 1. The van der Waals surface area contributed by atoms with Crippen molar-refractivity contribution in [2.75, 3.05) is 0 Å². The Morgan fingerprint density at radius 3 is 2.41 bits per heavy atom. The highest BCUT2D eigenvalue weighted by atomic mass is 35.5. The Morgan fingerprint density at radius 2 is 1.95 bits per heavy atom. The van der Waals surface area contributed by atoms with E-state index in [-0.39, 0.29) is 4.88 Å². The van der Waals surface area contributed by atoms with E-state index >= 15 is 0 Å². The van der Waals surface area contributed by atoms with Crippen molar-refractivity contribution in [3.05, 3.63) is 43.6 Å². The Labute approximate surface area is 143 Å². The van der Waals surface area contributed by atoms with Gasteiger partial charge in [0.2, 0.25) is 0 Å². The van der Waals surface area contributed by atoms with Crippen LogP contribution in [0.2, 0.25) is 10.0 Å². The van der Waals surface area contributed by atoms with Gasteiger partial charge in [0.1, 0.15) is 10.9 Å². The topological polar surface area (TPSA) is 61.1 Å². The minimum Gasteiger partial charge on any atom is -0.477 e. The van der Waals surface area contributed by atoms with Crippen LogP contribution in [0.5, 0.6) is 0 Å². The van der Waals surface area contributed by atoms with Gasteiger partial charge >= 0.3 is 5.97 Å². The van der Waals surface area contributed by atoms with Gasteiger partial charge in [0.25, 0.3) is 0 Å². The summed E-state index contributed by atoms with van der Waals surface area (Å²) in [4.78, 5) is 12.0. The third-order valence-corrected chi connectivity index (χ3v) is 4.23. The first-order valence-electron chi connectivity index (χ1n) is 6.59. The second kappa shape index (κ2) is 8.19. The molecule has 2 aromatic rings. The normalized spacial score (nSPS) is 9.64. The fourth-order valence-corrected chi connectivity index (χ4v) is 3.24. The fourth-order valence-electron chi connectivity index (χ4n) is 1.78. The molecule has 3 nitrogen and oxygen atoms in total. The van der Waals surface area contributed by atoms with Crippen molar-refractivity contribution in [3.8, 4) is 17.2 Å². The van der Waals surface area contributed by atoms with Crippen molar-refractivity contribution in [2.24, 2.45) is 0 Å². The summed E-state index contributed by atoms with van der Waals surface area (Å²) in [6, 6.07) is 6.80. The molecule has 0 saturated carbocycles. The van der Waals surface area contributed by atoms with E-state index in [1.807, 2.05) is 6.07 Å². The molecule has 0 radical (unpaired) electrons. The molecule has 22 heavy (non-hydrogen) atoms. The summed E-state index contributed by atoms with van der Waals surface area (Å²) >= 11 is 13.0. The Balaban J connectivity index is 0.000000745. The zero-order valence-electron chi connectivity index (χ0n) is 12.4. The number of hydrogen-bond donors (Lipinski definition) is 1. The van der Waals surface area contributed by atoms with Crippen LogP contribution >= 0.6 is 34.5 Å². The summed E-state index contributed by atoms with van der Waals surface area (Å²) in [5.41, 5.74) is 1.20. The second-order valence-electron chi connectivity index (χ2n) is 4.49. The minimum absolute atomic E-state index is 0.110. The number of carboxylic acid groups (broad SMARTS) is 1. The van der Waals surface area contributed by atoms with E-state index in [2.05, 4.69) is 13.8 Å². The molecule has 1 heterocycles. The van der Waals surface area contributed by atoms with Gasteiger partial charge in [-0.05, 0) is 19.1 Å². The van der Waals surface area contributed by atoms with E-state index < -0.39 is 5.97 Å². The lowest BCUT2D eigenvalue weighted by molar-refractivity contribution is 0.0703. The molecule has 1 aromatic heterocycles. The molecule has 0 saturated heterocycles. The molecule has 0 fully saturated rings. The Bertz CT molecular complexity index is 732. The van der Waals surface area contributed by atoms with E-state index in [0.717, 1.165) is 11.3 Å². The third kappa shape index (κ3) is 4.01. The summed E-state index contributed by atoms with van der Waals surface area (Å²) in [6.07, 6.45) is 1.25. The summed E-state index contributed by atoms with van der Waals surface area (Å²) in [5.74, 6) is -1.07. The first kappa shape index (κ1) is 18.5. The number of carbonyl (C=O) groups is 1. The standard InChI is InChI=1S/C13H7Cl2NO2S.C3H8/c1-6-9(5-16)11(12(19-6)13(17)18)8-3-2-7(14)4-10(8)15;1-3-2/h2-4H,1H3,(H,17,18);3H2,1-2H3. The molecule has 0 bridgehead atoms. The van der Waals surface area contributed by atoms with Gasteiger partial charge < -0.3 is 5.11 Å². The van der Waals surface area contributed by atoms with Crippen LogP contribution in [-0.4, -0.2) is 11.1 Å². The Kier molecular flexibility index (Phi) is 6.89. The number of aromatic carboxylic acids is 1. The highest BCUT2D eigenvalue weighted by Gasteiger charge is 2.23. The maximum Gasteiger partial charge on any atom is 0.346 e. The highest BCUT2D eigenvalue weighted by molar-refractivity contribution is 7.14. The van der Waals surface area contributed by atoms with Crippen molar-refractivity contribution in [1.29, 1.82) is 5.26 Å². The molecule has 1 N–H and O–H groups in total. The van der Waals surface area contributed by atoms with Crippen LogP contribution in [0, 0.1) is 18.3 Å². The quantitative estimate of drug-likeness (QED) is 0.716. The van der Waals surface area contributed by atoms with Gasteiger partial charge in [0.05, 0.1) is 5.56 Å². The van der Waals surface area contributed by atoms with Crippen LogP contribution in [0.3, 0.4) is 0 Å². The predicted molar refractivity (Wildman–Crippen MR) is 92.2 cm³/mol. The van der Waals surface area contributed by atoms with Gasteiger partial charge in [-0.2, -0.15) is 5.26 Å². The average Bonchev–Trinajstić information content (AvgIpc) is 2.76. The minimum atomic E-state index is -1.07. The zero-order valence-corrected chi connectivity index (χ0v) is 14.7. The number of nitrogens with zero attached hydrogens (tertiary/aromatic N) is 1. The first-order valence-corrected chi connectivity index (χ1v) is 8.16. The number of rotatable bonds is 2. The number of benzene rings is 1. The summed E-state index contributed by atoms with van der Waals surface area (Å²) in [5, 5.41) is 19.2. The smallest absolute Gasteiger partial charge is 0.346 e. The number of thiophene rings is 1. The number of halogens is 2. The average molecular weight is 356 g/mol. The molecule has 0 aliphatic rings. The fraction of sp³-hybridized carbons (Fsp3) is 0.250. The second-order valence-corrected chi connectivity index (χ2v) is 6.55. The van der Waals surface area contributed by atoms with E-state index in [4.69, 9.17) is 23.2 Å². The van der Waals surface area contributed by atoms with Crippen molar-refractivity contribution >= 4 is 40.5 Å². The van der Waals surface area contributed by atoms with Gasteiger partial charge in [-0.25, -0.2) is 4.79 Å². The number of nitriles is 1. The predicted octanol–water partition coefficient (Wildman–Crippen LogP) is 6.02. The first-order chi connectivity index (χ1) is 10.4. The van der Waals surface area contributed by atoms with Gasteiger partial charge in [-0.3, -0.25) is 0 Å². The van der Waals surface area contributed by atoms with Gasteiger partial charge in [0, 0.05) is 26.0 Å². The van der Waals surface area contributed by atoms with E-state index in [0.29, 0.717) is 31.6 Å². The molecule has 0 aliphatic heterocycles. The maximum atomic E-state index is 11.3. The van der Waals surface area contributed by atoms with Gasteiger partial charge in [-0.1, -0.05) is 49.5 Å². The number of aryl methyl sites for hydroxylation is 1. The zero-order chi connectivity index (χ0) is 16.9. The molecule has 2 rings (SSSR count). The maximum absolute atomic E-state index is 11.3. The molecule has 0 spiro atoms. The largest absolute Gasteiger partial charge is 0.477 e. The van der Waals surface area contributed by atoms with E-state index in [1.165, 1.54) is 12.5 Å². The summed E-state index contributed by atoms with van der Waals surface area (Å²) in [6.45, 7) is 5.96. The van der Waals surface area contributed by atoms with Crippen LogP contribution in [0.15, 0.2) is 18.2 Å². The van der Waals surface area contributed by atoms with Crippen LogP contribution in [0.4, 0.5) is 0 Å². The van der Waals surface area contributed by atoms with Gasteiger partial charge in [-0.15, -0.1) is 11.3 Å². The van der Waals surface area contributed by atoms with E-state index in [9.17, 15) is 15.2 Å². The molecule has 0 unspecified atom stereocenters. The lowest BCUT2D eigenvalue weighted by atomic mass is 10.0. The Morgan fingerprint density at radius 1 is 1.36 bits per heavy atom. The monoisotopic (exact) mass is 355 g/mol. The van der Waals surface area contributed by atoms with Crippen molar-refractivity contribution in [2.45, 2.75) is 27.2 Å². The van der Waals surface area contributed by atoms with E-state index in [1.54, 1.807) is 19.1 Å². The van der Waals surface area contributed by atoms with Crippen molar-refractivity contribution in [3.63, 3.8) is 0 Å². The lowest BCUT2D eigenvalue weighted by Crippen LogP contribution is -1.96. The molecule has 0 atom stereocenters. The molecule has 6 heteroatoms. The summed E-state index contributed by atoms with van der Waals surface area (Å²) < 4.78 is 0. The van der Waals surface area contributed by atoms with Crippen LogP contribution in [-0.2, 0) is 0 Å². The van der Waals surface area contributed by atoms with Gasteiger partial charge in [0.15, 0.2) is 0 Å². The van der Waals surface area contributed by atoms with Crippen molar-refractivity contribution in [1.82, 2.24) is 0 Å². The van der Waals surface area contributed by atoms with Crippen LogP contribution < -0.4 is 0 Å². The molecular weight excluding hydrogens is 341 g/mol. The molecule has 0 aliphatic carbocycles. The van der Waals surface area contributed by atoms with Crippen molar-refractivity contribution < 1.29 is 9.90 Å². The third-order valence-electron chi connectivity index (χ3n) is 2.59. The molecule has 1 aromatic carbocycles. The molecular formula is C16H15Cl2NO2S. The molecule has 0 amide bonds. The Hall–Kier alpha value is -1.54.